The normalized spacial score (nSPS) is 19.2. The highest BCUT2D eigenvalue weighted by Crippen LogP contribution is 2.48. The number of benzene rings is 2. The van der Waals surface area contributed by atoms with Crippen LogP contribution in [0.2, 0.25) is 0 Å². The molecule has 1 fully saturated rings. The molecule has 1 saturated carbocycles. The van der Waals surface area contributed by atoms with E-state index in [-0.39, 0.29) is 22.7 Å². The van der Waals surface area contributed by atoms with Crippen molar-refractivity contribution in [1.82, 2.24) is 3.97 Å². The van der Waals surface area contributed by atoms with E-state index in [1.807, 2.05) is 25.1 Å². The molecule has 1 aliphatic carbocycles. The van der Waals surface area contributed by atoms with Crippen molar-refractivity contribution in [2.45, 2.75) is 31.1 Å². The summed E-state index contributed by atoms with van der Waals surface area (Å²) in [6, 6.07) is 14.3. The second kappa shape index (κ2) is 6.53. The van der Waals surface area contributed by atoms with Crippen LogP contribution in [0, 0.1) is 12.8 Å². The molecule has 0 radical (unpaired) electrons. The van der Waals surface area contributed by atoms with Gasteiger partial charge in [-0.2, -0.15) is 0 Å². The third-order valence-electron chi connectivity index (χ3n) is 5.06. The summed E-state index contributed by atoms with van der Waals surface area (Å²) < 4.78 is 32.3. The van der Waals surface area contributed by atoms with E-state index in [0.29, 0.717) is 12.1 Å². The standard InChI is InChI=1S/C21H21NO4S/c1-3-26-21(23)19-13-18(19)15-6-9-20-16(12-15)10-11-22(20)27(24,25)17-7-4-14(2)5-8-17/h4-12,18-19H,3,13H2,1-2H3. The first kappa shape index (κ1) is 17.8. The lowest BCUT2D eigenvalue weighted by Crippen LogP contribution is -2.11. The Balaban J connectivity index is 1.66. The number of hydrogen-bond donors (Lipinski definition) is 0. The van der Waals surface area contributed by atoms with Crippen LogP contribution in [0.1, 0.15) is 30.4 Å². The fourth-order valence-electron chi connectivity index (χ4n) is 3.47. The number of aromatic nitrogens is 1. The van der Waals surface area contributed by atoms with Gasteiger partial charge in [0.15, 0.2) is 0 Å². The van der Waals surface area contributed by atoms with Crippen molar-refractivity contribution in [2.75, 3.05) is 6.61 Å². The van der Waals surface area contributed by atoms with E-state index in [1.54, 1.807) is 43.5 Å². The molecule has 0 amide bonds. The summed E-state index contributed by atoms with van der Waals surface area (Å²) in [5.74, 6) is -0.0756. The minimum absolute atomic E-state index is 0.0826. The molecule has 1 aromatic heterocycles. The van der Waals surface area contributed by atoms with Crippen LogP contribution in [0.3, 0.4) is 0 Å². The minimum atomic E-state index is -3.65. The van der Waals surface area contributed by atoms with E-state index in [4.69, 9.17) is 4.74 Å². The van der Waals surface area contributed by atoms with Gasteiger partial charge in [-0.05, 0) is 62.1 Å². The molecule has 6 heteroatoms. The Labute approximate surface area is 158 Å². The third-order valence-corrected chi connectivity index (χ3v) is 6.77. The molecule has 3 aromatic rings. The first-order chi connectivity index (χ1) is 12.9. The number of hydrogen-bond acceptors (Lipinski definition) is 4. The predicted octanol–water partition coefficient (Wildman–Crippen LogP) is 3.85. The van der Waals surface area contributed by atoms with Crippen LogP contribution in [0.5, 0.6) is 0 Å². The Hall–Kier alpha value is -2.60. The molecule has 2 unspecified atom stereocenters. The Morgan fingerprint density at radius 3 is 2.59 bits per heavy atom. The molecule has 5 nitrogen and oxygen atoms in total. The molecule has 27 heavy (non-hydrogen) atoms. The SMILES string of the molecule is CCOC(=O)C1CC1c1ccc2c(ccn2S(=O)(=O)c2ccc(C)cc2)c1. The van der Waals surface area contributed by atoms with E-state index in [9.17, 15) is 13.2 Å². The molecule has 0 saturated heterocycles. The smallest absolute Gasteiger partial charge is 0.309 e. The molecular formula is C21H21NO4S. The van der Waals surface area contributed by atoms with Crippen LogP contribution in [0.25, 0.3) is 10.9 Å². The third kappa shape index (κ3) is 3.14. The zero-order chi connectivity index (χ0) is 19.2. The van der Waals surface area contributed by atoms with E-state index >= 15 is 0 Å². The Bertz CT molecular complexity index is 1110. The summed E-state index contributed by atoms with van der Waals surface area (Å²) in [6.45, 7) is 4.11. The van der Waals surface area contributed by atoms with Crippen LogP contribution in [-0.4, -0.2) is 25.0 Å². The van der Waals surface area contributed by atoms with Gasteiger partial charge in [0, 0.05) is 11.6 Å². The maximum atomic E-state index is 13.0. The van der Waals surface area contributed by atoms with Gasteiger partial charge in [-0.15, -0.1) is 0 Å². The van der Waals surface area contributed by atoms with E-state index in [1.165, 1.54) is 3.97 Å². The van der Waals surface area contributed by atoms with Gasteiger partial charge in [0.25, 0.3) is 10.0 Å². The highest BCUT2D eigenvalue weighted by molar-refractivity contribution is 7.90. The van der Waals surface area contributed by atoms with Crippen molar-refractivity contribution in [3.05, 3.63) is 65.9 Å². The van der Waals surface area contributed by atoms with E-state index in [2.05, 4.69) is 0 Å². The molecule has 0 bridgehead atoms. The van der Waals surface area contributed by atoms with Crippen LogP contribution in [0.15, 0.2) is 59.6 Å². The first-order valence-corrected chi connectivity index (χ1v) is 10.5. The van der Waals surface area contributed by atoms with E-state index < -0.39 is 10.0 Å². The number of rotatable bonds is 5. The van der Waals surface area contributed by atoms with E-state index in [0.717, 1.165) is 22.9 Å². The Kier molecular flexibility index (Phi) is 4.30. The van der Waals surface area contributed by atoms with Gasteiger partial charge in [0.1, 0.15) is 0 Å². The van der Waals surface area contributed by atoms with Crippen LogP contribution < -0.4 is 0 Å². The number of carbonyl (C=O) groups excluding carboxylic acids is 1. The number of carbonyl (C=O) groups is 1. The highest BCUT2D eigenvalue weighted by Gasteiger charge is 2.45. The number of fused-ring (bicyclic) bond motifs is 1. The summed E-state index contributed by atoms with van der Waals surface area (Å²) in [5.41, 5.74) is 2.69. The lowest BCUT2D eigenvalue weighted by molar-refractivity contribution is -0.144. The van der Waals surface area contributed by atoms with Crippen molar-refractivity contribution >= 4 is 26.9 Å². The number of esters is 1. The second-order valence-electron chi connectivity index (χ2n) is 6.95. The highest BCUT2D eigenvalue weighted by atomic mass is 32.2. The van der Waals surface area contributed by atoms with Gasteiger partial charge >= 0.3 is 5.97 Å². The number of nitrogens with zero attached hydrogens (tertiary/aromatic N) is 1. The quantitative estimate of drug-likeness (QED) is 0.628. The van der Waals surface area contributed by atoms with Crippen molar-refractivity contribution in [2.24, 2.45) is 5.92 Å². The molecule has 2 aromatic carbocycles. The zero-order valence-electron chi connectivity index (χ0n) is 15.3. The monoisotopic (exact) mass is 383 g/mol. The molecule has 0 aliphatic heterocycles. The van der Waals surface area contributed by atoms with Crippen LogP contribution >= 0.6 is 0 Å². The Morgan fingerprint density at radius 2 is 1.89 bits per heavy atom. The first-order valence-electron chi connectivity index (χ1n) is 9.01. The molecule has 1 heterocycles. The zero-order valence-corrected chi connectivity index (χ0v) is 16.1. The van der Waals surface area contributed by atoms with Gasteiger partial charge in [0.2, 0.25) is 0 Å². The Morgan fingerprint density at radius 1 is 1.15 bits per heavy atom. The molecule has 0 N–H and O–H groups in total. The van der Waals surface area contributed by atoms with Crippen LogP contribution in [0.4, 0.5) is 0 Å². The van der Waals surface area contributed by atoms with Gasteiger partial charge in [-0.3, -0.25) is 4.79 Å². The summed E-state index contributed by atoms with van der Waals surface area (Å²) in [5, 5.41) is 0.845. The topological polar surface area (TPSA) is 65.4 Å². The second-order valence-corrected chi connectivity index (χ2v) is 8.76. The fraction of sp³-hybridized carbons (Fsp3) is 0.286. The summed E-state index contributed by atoms with van der Waals surface area (Å²) in [6.07, 6.45) is 2.37. The van der Waals surface area contributed by atoms with Crippen molar-refractivity contribution in [3.8, 4) is 0 Å². The van der Waals surface area contributed by atoms with Gasteiger partial charge in [-0.25, -0.2) is 12.4 Å². The van der Waals surface area contributed by atoms with Crippen LogP contribution in [-0.2, 0) is 19.6 Å². The molecule has 140 valence electrons. The number of aryl methyl sites for hydroxylation is 1. The predicted molar refractivity (Wildman–Crippen MR) is 103 cm³/mol. The van der Waals surface area contributed by atoms with Crippen molar-refractivity contribution in [3.63, 3.8) is 0 Å². The van der Waals surface area contributed by atoms with Gasteiger partial charge < -0.3 is 4.74 Å². The molecule has 2 atom stereocenters. The molecule has 0 spiro atoms. The summed E-state index contributed by atoms with van der Waals surface area (Å²) in [7, 11) is -3.65. The maximum Gasteiger partial charge on any atom is 0.309 e. The summed E-state index contributed by atoms with van der Waals surface area (Å²) >= 11 is 0. The summed E-state index contributed by atoms with van der Waals surface area (Å²) in [4.78, 5) is 12.1. The lowest BCUT2D eigenvalue weighted by atomic mass is 10.1. The lowest BCUT2D eigenvalue weighted by Gasteiger charge is -2.08. The largest absolute Gasteiger partial charge is 0.466 e. The average molecular weight is 383 g/mol. The van der Waals surface area contributed by atoms with Gasteiger partial charge in [0.05, 0.1) is 22.9 Å². The molecule has 4 rings (SSSR count). The molecular weight excluding hydrogens is 362 g/mol. The maximum absolute atomic E-state index is 13.0. The van der Waals surface area contributed by atoms with Gasteiger partial charge in [-0.1, -0.05) is 23.8 Å². The van der Waals surface area contributed by atoms with Crippen molar-refractivity contribution < 1.29 is 17.9 Å². The molecule has 1 aliphatic rings. The average Bonchev–Trinajstić information content (AvgIpc) is 3.33. The number of ether oxygens (including phenoxy) is 1. The minimum Gasteiger partial charge on any atom is -0.466 e. The van der Waals surface area contributed by atoms with Crippen molar-refractivity contribution in [1.29, 1.82) is 0 Å². The fourth-order valence-corrected chi connectivity index (χ4v) is 4.83.